The van der Waals surface area contributed by atoms with Crippen molar-refractivity contribution in [2.45, 2.75) is 31.0 Å². The molecule has 4 atom stereocenters. The first-order valence-corrected chi connectivity index (χ1v) is 3.45. The molecular formula is C6H12O5. The van der Waals surface area contributed by atoms with E-state index in [1.54, 1.807) is 0 Å². The van der Waals surface area contributed by atoms with Gasteiger partial charge in [0.15, 0.2) is 6.29 Å². The Morgan fingerprint density at radius 3 is 2.45 bits per heavy atom. The molecule has 1 aliphatic heterocycles. The van der Waals surface area contributed by atoms with Gasteiger partial charge in [-0.2, -0.15) is 0 Å². The molecule has 4 N–H and O–H groups in total. The van der Waals surface area contributed by atoms with Crippen molar-refractivity contribution in [2.24, 2.45) is 0 Å². The molecule has 66 valence electrons. The minimum absolute atomic E-state index is 0.156. The van der Waals surface area contributed by atoms with Gasteiger partial charge < -0.3 is 25.2 Å². The minimum atomic E-state index is -1.24. The summed E-state index contributed by atoms with van der Waals surface area (Å²) < 4.78 is 4.72. The summed E-state index contributed by atoms with van der Waals surface area (Å²) in [6, 6.07) is 0. The summed E-state index contributed by atoms with van der Waals surface area (Å²) in [5, 5.41) is 35.3. The number of aliphatic hydroxyl groups is 4. The summed E-state index contributed by atoms with van der Waals surface area (Å²) in [6.07, 6.45) is -3.72. The van der Waals surface area contributed by atoms with Crippen molar-refractivity contribution < 1.29 is 25.2 Å². The standard InChI is InChI=1S/C6H12O5/c7-2-4(9)5-1-3(8)6(10)11-5/h3-10H,1-2H2/t3-,4-,5-,6+/m0/s1. The lowest BCUT2D eigenvalue weighted by Crippen LogP contribution is -2.29. The number of rotatable bonds is 2. The molecule has 0 aliphatic carbocycles. The van der Waals surface area contributed by atoms with Crippen LogP contribution in [0.5, 0.6) is 0 Å². The van der Waals surface area contributed by atoms with E-state index in [-0.39, 0.29) is 6.42 Å². The van der Waals surface area contributed by atoms with Gasteiger partial charge >= 0.3 is 0 Å². The Kier molecular flexibility index (Phi) is 2.80. The summed E-state index contributed by atoms with van der Waals surface area (Å²) >= 11 is 0. The summed E-state index contributed by atoms with van der Waals surface area (Å²) in [5.41, 5.74) is 0. The predicted octanol–water partition coefficient (Wildman–Crippen LogP) is -2.19. The summed E-state index contributed by atoms with van der Waals surface area (Å²) in [6.45, 7) is -0.426. The molecule has 0 bridgehead atoms. The van der Waals surface area contributed by atoms with Crippen LogP contribution < -0.4 is 0 Å². The van der Waals surface area contributed by atoms with Gasteiger partial charge in [0, 0.05) is 6.42 Å². The van der Waals surface area contributed by atoms with Gasteiger partial charge in [-0.1, -0.05) is 0 Å². The summed E-state index contributed by atoms with van der Waals surface area (Å²) in [4.78, 5) is 0. The molecule has 1 aliphatic rings. The van der Waals surface area contributed by atoms with Crippen molar-refractivity contribution in [2.75, 3.05) is 6.61 Å². The fourth-order valence-electron chi connectivity index (χ4n) is 1.05. The van der Waals surface area contributed by atoms with Crippen LogP contribution in [0.3, 0.4) is 0 Å². The monoisotopic (exact) mass is 164 g/mol. The van der Waals surface area contributed by atoms with Crippen LogP contribution in [0.15, 0.2) is 0 Å². The van der Waals surface area contributed by atoms with E-state index in [1.165, 1.54) is 0 Å². The lowest BCUT2D eigenvalue weighted by Gasteiger charge is -2.14. The van der Waals surface area contributed by atoms with Gasteiger partial charge in [0.25, 0.3) is 0 Å². The molecule has 0 saturated carbocycles. The molecule has 0 aromatic rings. The fraction of sp³-hybridized carbons (Fsp3) is 1.00. The van der Waals surface area contributed by atoms with Gasteiger partial charge in [0.05, 0.1) is 12.7 Å². The van der Waals surface area contributed by atoms with E-state index in [2.05, 4.69) is 0 Å². The number of hydrogen-bond donors (Lipinski definition) is 4. The maximum atomic E-state index is 9.00. The van der Waals surface area contributed by atoms with E-state index in [1.807, 2.05) is 0 Å². The zero-order chi connectivity index (χ0) is 8.43. The average molecular weight is 164 g/mol. The quantitative estimate of drug-likeness (QED) is 0.372. The topological polar surface area (TPSA) is 90.2 Å². The van der Waals surface area contributed by atoms with Crippen molar-refractivity contribution in [1.29, 1.82) is 0 Å². The molecule has 5 nitrogen and oxygen atoms in total. The minimum Gasteiger partial charge on any atom is -0.394 e. The molecule has 1 heterocycles. The highest BCUT2D eigenvalue weighted by molar-refractivity contribution is 4.80. The Balaban J connectivity index is 2.40. The Hall–Kier alpha value is -0.200. The predicted molar refractivity (Wildman–Crippen MR) is 34.6 cm³/mol. The molecule has 1 saturated heterocycles. The van der Waals surface area contributed by atoms with Crippen LogP contribution in [0.25, 0.3) is 0 Å². The fourth-order valence-corrected chi connectivity index (χ4v) is 1.05. The van der Waals surface area contributed by atoms with Crippen LogP contribution in [0.1, 0.15) is 6.42 Å². The van der Waals surface area contributed by atoms with Crippen LogP contribution in [-0.2, 0) is 4.74 Å². The molecule has 1 rings (SSSR count). The Bertz CT molecular complexity index is 118. The van der Waals surface area contributed by atoms with Crippen molar-refractivity contribution >= 4 is 0 Å². The van der Waals surface area contributed by atoms with Gasteiger partial charge in [-0.25, -0.2) is 0 Å². The first kappa shape index (κ1) is 8.89. The van der Waals surface area contributed by atoms with Crippen molar-refractivity contribution in [3.8, 4) is 0 Å². The molecule has 0 unspecified atom stereocenters. The van der Waals surface area contributed by atoms with Crippen molar-refractivity contribution in [3.05, 3.63) is 0 Å². The van der Waals surface area contributed by atoms with Gasteiger partial charge in [-0.15, -0.1) is 0 Å². The first-order valence-electron chi connectivity index (χ1n) is 3.45. The van der Waals surface area contributed by atoms with Gasteiger partial charge in [0.1, 0.15) is 12.2 Å². The van der Waals surface area contributed by atoms with Crippen LogP contribution >= 0.6 is 0 Å². The van der Waals surface area contributed by atoms with E-state index < -0.39 is 31.2 Å². The van der Waals surface area contributed by atoms with Gasteiger partial charge in [-0.05, 0) is 0 Å². The molecule has 5 heteroatoms. The summed E-state index contributed by atoms with van der Waals surface area (Å²) in [5.74, 6) is 0. The highest BCUT2D eigenvalue weighted by Gasteiger charge is 2.36. The maximum absolute atomic E-state index is 9.00. The second-order valence-corrected chi connectivity index (χ2v) is 2.62. The molecule has 0 amide bonds. The third-order valence-electron chi connectivity index (χ3n) is 1.73. The van der Waals surface area contributed by atoms with E-state index in [0.29, 0.717) is 0 Å². The number of aliphatic hydroxyl groups excluding tert-OH is 4. The zero-order valence-corrected chi connectivity index (χ0v) is 5.92. The maximum Gasteiger partial charge on any atom is 0.181 e. The molecule has 0 aromatic carbocycles. The smallest absolute Gasteiger partial charge is 0.181 e. The van der Waals surface area contributed by atoms with Crippen LogP contribution in [-0.4, -0.2) is 51.6 Å². The third kappa shape index (κ3) is 1.88. The van der Waals surface area contributed by atoms with E-state index >= 15 is 0 Å². The Morgan fingerprint density at radius 1 is 1.45 bits per heavy atom. The second kappa shape index (κ2) is 3.46. The zero-order valence-electron chi connectivity index (χ0n) is 5.92. The molecule has 11 heavy (non-hydrogen) atoms. The Labute approximate surface area is 63.8 Å². The van der Waals surface area contributed by atoms with Crippen molar-refractivity contribution in [1.82, 2.24) is 0 Å². The normalized spacial score (nSPS) is 40.9. The number of hydrogen-bond acceptors (Lipinski definition) is 5. The highest BCUT2D eigenvalue weighted by atomic mass is 16.6. The van der Waals surface area contributed by atoms with Gasteiger partial charge in [0.2, 0.25) is 0 Å². The highest BCUT2D eigenvalue weighted by Crippen LogP contribution is 2.20. The molecule has 0 spiro atoms. The van der Waals surface area contributed by atoms with Gasteiger partial charge in [-0.3, -0.25) is 0 Å². The SMILES string of the molecule is OC[C@H](O)[C@@H]1C[C@H](O)[C@H](O)O1. The van der Waals surface area contributed by atoms with E-state index in [9.17, 15) is 0 Å². The van der Waals surface area contributed by atoms with Crippen molar-refractivity contribution in [3.63, 3.8) is 0 Å². The second-order valence-electron chi connectivity index (χ2n) is 2.62. The lowest BCUT2D eigenvalue weighted by atomic mass is 10.1. The Morgan fingerprint density at radius 2 is 2.09 bits per heavy atom. The lowest BCUT2D eigenvalue weighted by molar-refractivity contribution is -0.149. The first-order chi connectivity index (χ1) is 5.15. The molecule has 1 fully saturated rings. The molecule has 0 radical (unpaired) electrons. The van der Waals surface area contributed by atoms with Crippen LogP contribution in [0.4, 0.5) is 0 Å². The number of ether oxygens (including phenoxy) is 1. The molecule has 0 aromatic heterocycles. The summed E-state index contributed by atoms with van der Waals surface area (Å²) in [7, 11) is 0. The van der Waals surface area contributed by atoms with Crippen LogP contribution in [0, 0.1) is 0 Å². The van der Waals surface area contributed by atoms with E-state index in [4.69, 9.17) is 25.2 Å². The molecular weight excluding hydrogens is 152 g/mol. The van der Waals surface area contributed by atoms with E-state index in [0.717, 1.165) is 0 Å². The average Bonchev–Trinajstić information content (AvgIpc) is 2.31. The largest absolute Gasteiger partial charge is 0.394 e. The van der Waals surface area contributed by atoms with Crippen LogP contribution in [0.2, 0.25) is 0 Å². The third-order valence-corrected chi connectivity index (χ3v) is 1.73.